The zero-order valence-corrected chi connectivity index (χ0v) is 12.3. The van der Waals surface area contributed by atoms with Crippen LogP contribution in [0.5, 0.6) is 5.75 Å². The predicted octanol–water partition coefficient (Wildman–Crippen LogP) is 4.98. The Hall–Kier alpha value is -0.320. The molecule has 0 atom stereocenters. The number of benzene rings is 1. The molecular weight excluding hydrogens is 330 g/mol. The highest BCUT2D eigenvalue weighted by Gasteiger charge is 1.96. The number of alkyl halides is 1. The maximum Gasteiger partial charge on any atom is 0.126 e. The summed E-state index contributed by atoms with van der Waals surface area (Å²) in [6.45, 7) is 0.690. The fraction of sp³-hybridized carbons (Fsp3) is 0.571. The lowest BCUT2D eigenvalue weighted by molar-refractivity contribution is 0.303. The van der Waals surface area contributed by atoms with Gasteiger partial charge in [-0.25, -0.2) is 4.39 Å². The van der Waals surface area contributed by atoms with E-state index in [1.165, 1.54) is 48.7 Å². The minimum atomic E-state index is -0.235. The second-order valence-electron chi connectivity index (χ2n) is 4.12. The summed E-state index contributed by atoms with van der Waals surface area (Å²) >= 11 is 2.42. The van der Waals surface area contributed by atoms with Crippen molar-refractivity contribution in [2.24, 2.45) is 0 Å². The Morgan fingerprint density at radius 2 is 1.71 bits per heavy atom. The van der Waals surface area contributed by atoms with Crippen LogP contribution in [-0.4, -0.2) is 11.0 Å². The third kappa shape index (κ3) is 7.58. The maximum atomic E-state index is 12.8. The third-order valence-corrected chi connectivity index (χ3v) is 3.36. The first-order valence-corrected chi connectivity index (χ1v) is 7.80. The number of hydrogen-bond donors (Lipinski definition) is 0. The zero-order valence-electron chi connectivity index (χ0n) is 10.1. The van der Waals surface area contributed by atoms with Crippen LogP contribution in [0.1, 0.15) is 38.5 Å². The largest absolute Gasteiger partial charge is 0.493 e. The highest BCUT2D eigenvalue weighted by atomic mass is 127. The lowest BCUT2D eigenvalue weighted by Crippen LogP contribution is -1.97. The van der Waals surface area contributed by atoms with E-state index in [0.29, 0.717) is 12.4 Å². The van der Waals surface area contributed by atoms with Gasteiger partial charge in [0.25, 0.3) is 0 Å². The van der Waals surface area contributed by atoms with Crippen LogP contribution in [-0.2, 0) is 0 Å². The molecule has 0 aliphatic heterocycles. The number of halogens is 2. The smallest absolute Gasteiger partial charge is 0.126 e. The van der Waals surface area contributed by atoms with E-state index in [0.717, 1.165) is 6.42 Å². The Bertz CT molecular complexity index is 304. The molecule has 0 aliphatic carbocycles. The van der Waals surface area contributed by atoms with Crippen LogP contribution < -0.4 is 4.74 Å². The molecule has 17 heavy (non-hydrogen) atoms. The summed E-state index contributed by atoms with van der Waals surface area (Å²) in [6.07, 6.45) is 7.54. The molecule has 0 bridgehead atoms. The molecule has 0 saturated heterocycles. The topological polar surface area (TPSA) is 9.23 Å². The van der Waals surface area contributed by atoms with Crippen molar-refractivity contribution in [3.63, 3.8) is 0 Å². The van der Waals surface area contributed by atoms with Gasteiger partial charge in [0.15, 0.2) is 0 Å². The van der Waals surface area contributed by atoms with Gasteiger partial charge < -0.3 is 4.74 Å². The van der Waals surface area contributed by atoms with Gasteiger partial charge in [0.2, 0.25) is 0 Å². The number of rotatable bonds is 9. The van der Waals surface area contributed by atoms with Crippen molar-refractivity contribution in [3.8, 4) is 5.75 Å². The number of hydrogen-bond acceptors (Lipinski definition) is 1. The molecule has 0 unspecified atom stereocenters. The standard InChI is InChI=1S/C14H20FIO/c15-13-8-7-9-14(12-13)17-11-6-4-2-1-3-5-10-16/h7-9,12H,1-6,10-11H2. The Labute approximate surface area is 117 Å². The van der Waals surface area contributed by atoms with E-state index in [9.17, 15) is 4.39 Å². The highest BCUT2D eigenvalue weighted by Crippen LogP contribution is 2.13. The Morgan fingerprint density at radius 3 is 2.41 bits per heavy atom. The van der Waals surface area contributed by atoms with Crippen LogP contribution in [0.3, 0.4) is 0 Å². The average molecular weight is 350 g/mol. The molecule has 0 aromatic heterocycles. The molecule has 0 fully saturated rings. The monoisotopic (exact) mass is 350 g/mol. The van der Waals surface area contributed by atoms with Crippen molar-refractivity contribution in [2.75, 3.05) is 11.0 Å². The SMILES string of the molecule is Fc1cccc(OCCCCCCCCI)c1. The van der Waals surface area contributed by atoms with Gasteiger partial charge in [-0.1, -0.05) is 54.3 Å². The van der Waals surface area contributed by atoms with E-state index >= 15 is 0 Å². The average Bonchev–Trinajstić information content (AvgIpc) is 2.33. The van der Waals surface area contributed by atoms with Crippen molar-refractivity contribution in [2.45, 2.75) is 38.5 Å². The van der Waals surface area contributed by atoms with Crippen LogP contribution >= 0.6 is 22.6 Å². The lowest BCUT2D eigenvalue weighted by atomic mass is 10.1. The van der Waals surface area contributed by atoms with Gasteiger partial charge in [0.05, 0.1) is 6.61 Å². The summed E-state index contributed by atoms with van der Waals surface area (Å²) in [5.74, 6) is 0.399. The van der Waals surface area contributed by atoms with Crippen LogP contribution in [0.25, 0.3) is 0 Å². The van der Waals surface area contributed by atoms with Gasteiger partial charge in [0, 0.05) is 6.07 Å². The lowest BCUT2D eigenvalue weighted by Gasteiger charge is -2.05. The van der Waals surface area contributed by atoms with Gasteiger partial charge >= 0.3 is 0 Å². The number of ether oxygens (including phenoxy) is 1. The minimum Gasteiger partial charge on any atom is -0.493 e. The first-order chi connectivity index (χ1) is 8.33. The van der Waals surface area contributed by atoms with Gasteiger partial charge in [-0.05, 0) is 29.4 Å². The molecule has 96 valence electrons. The van der Waals surface area contributed by atoms with Gasteiger partial charge in [-0.2, -0.15) is 0 Å². The second-order valence-corrected chi connectivity index (χ2v) is 5.19. The van der Waals surface area contributed by atoms with Crippen molar-refractivity contribution in [3.05, 3.63) is 30.1 Å². The summed E-state index contributed by atoms with van der Waals surface area (Å²) in [7, 11) is 0. The first-order valence-electron chi connectivity index (χ1n) is 6.27. The third-order valence-electron chi connectivity index (χ3n) is 2.59. The van der Waals surface area contributed by atoms with E-state index in [4.69, 9.17) is 4.74 Å². The highest BCUT2D eigenvalue weighted by molar-refractivity contribution is 14.1. The fourth-order valence-electron chi connectivity index (χ4n) is 1.65. The summed E-state index contributed by atoms with van der Waals surface area (Å²) in [5.41, 5.74) is 0. The Morgan fingerprint density at radius 1 is 1.00 bits per heavy atom. The minimum absolute atomic E-state index is 0.235. The molecule has 0 spiro atoms. The molecule has 1 aromatic carbocycles. The number of unbranched alkanes of at least 4 members (excludes halogenated alkanes) is 5. The van der Waals surface area contributed by atoms with Crippen molar-refractivity contribution in [1.29, 1.82) is 0 Å². The van der Waals surface area contributed by atoms with E-state index in [1.807, 2.05) is 0 Å². The fourth-order valence-corrected chi connectivity index (χ4v) is 2.19. The molecular formula is C14H20FIO. The summed E-state index contributed by atoms with van der Waals surface area (Å²) < 4.78 is 19.6. The van der Waals surface area contributed by atoms with Gasteiger partial charge in [-0.15, -0.1) is 0 Å². The van der Waals surface area contributed by atoms with Crippen molar-refractivity contribution < 1.29 is 9.13 Å². The Kier molecular flexibility index (Phi) is 8.40. The molecule has 0 radical (unpaired) electrons. The van der Waals surface area contributed by atoms with Gasteiger partial charge in [-0.3, -0.25) is 0 Å². The maximum absolute atomic E-state index is 12.8. The van der Waals surface area contributed by atoms with Crippen LogP contribution in [0.4, 0.5) is 4.39 Å². The molecule has 1 aromatic rings. The zero-order chi connectivity index (χ0) is 12.3. The molecule has 3 heteroatoms. The summed E-state index contributed by atoms with van der Waals surface area (Å²) in [5, 5.41) is 0. The first kappa shape index (κ1) is 14.7. The molecule has 1 rings (SSSR count). The van der Waals surface area contributed by atoms with Crippen molar-refractivity contribution in [1.82, 2.24) is 0 Å². The van der Waals surface area contributed by atoms with E-state index in [2.05, 4.69) is 22.6 Å². The molecule has 0 heterocycles. The summed E-state index contributed by atoms with van der Waals surface area (Å²) in [4.78, 5) is 0. The normalized spacial score (nSPS) is 10.5. The summed E-state index contributed by atoms with van der Waals surface area (Å²) in [6, 6.07) is 6.33. The molecule has 0 amide bonds. The van der Waals surface area contributed by atoms with E-state index in [1.54, 1.807) is 12.1 Å². The quantitative estimate of drug-likeness (QED) is 0.347. The van der Waals surface area contributed by atoms with Gasteiger partial charge in [0.1, 0.15) is 11.6 Å². The molecule has 0 aliphatic rings. The van der Waals surface area contributed by atoms with Crippen LogP contribution in [0.2, 0.25) is 0 Å². The predicted molar refractivity (Wildman–Crippen MR) is 78.5 cm³/mol. The van der Waals surface area contributed by atoms with E-state index < -0.39 is 0 Å². The van der Waals surface area contributed by atoms with Crippen molar-refractivity contribution >= 4 is 22.6 Å². The molecule has 1 nitrogen and oxygen atoms in total. The van der Waals surface area contributed by atoms with E-state index in [-0.39, 0.29) is 5.82 Å². The molecule has 0 N–H and O–H groups in total. The molecule has 0 saturated carbocycles. The van der Waals surface area contributed by atoms with Crippen LogP contribution in [0, 0.1) is 5.82 Å². The Balaban J connectivity index is 1.97. The second kappa shape index (κ2) is 9.68. The van der Waals surface area contributed by atoms with Crippen LogP contribution in [0.15, 0.2) is 24.3 Å².